The maximum absolute atomic E-state index is 12.1. The van der Waals surface area contributed by atoms with Crippen LogP contribution in [-0.2, 0) is 0 Å². The van der Waals surface area contributed by atoms with Crippen molar-refractivity contribution in [2.75, 3.05) is 26.7 Å². The van der Waals surface area contributed by atoms with Gasteiger partial charge >= 0.3 is 0 Å². The summed E-state index contributed by atoms with van der Waals surface area (Å²) in [4.78, 5) is 22.4. The molecule has 0 saturated carbocycles. The fraction of sp³-hybridized carbons (Fsp3) is 0.500. The highest BCUT2D eigenvalue weighted by molar-refractivity contribution is 5.97. The van der Waals surface area contributed by atoms with Crippen LogP contribution in [0.4, 0.5) is 5.69 Å². The lowest BCUT2D eigenvalue weighted by molar-refractivity contribution is -0.384. The third kappa shape index (κ3) is 3.91. The zero-order chi connectivity index (χ0) is 15.2. The molecule has 7 heteroatoms. The number of amides is 1. The molecule has 1 unspecified atom stereocenters. The SMILES string of the molecule is COc1ccc([N+](=O)[O-])cc1C(=O)NCCC1CCNC1. The Bertz CT molecular complexity index is 527. The number of hydrogen-bond donors (Lipinski definition) is 2. The van der Waals surface area contributed by atoms with Crippen LogP contribution in [0.25, 0.3) is 0 Å². The topological polar surface area (TPSA) is 93.5 Å². The summed E-state index contributed by atoms with van der Waals surface area (Å²) in [5.41, 5.74) is 0.0668. The molecule has 1 heterocycles. The van der Waals surface area contributed by atoms with Crippen LogP contribution in [0, 0.1) is 16.0 Å². The monoisotopic (exact) mass is 293 g/mol. The van der Waals surface area contributed by atoms with Crippen LogP contribution in [0.5, 0.6) is 5.75 Å². The predicted octanol–water partition coefficient (Wildman–Crippen LogP) is 1.33. The average Bonchev–Trinajstić information content (AvgIpc) is 2.99. The summed E-state index contributed by atoms with van der Waals surface area (Å²) in [5, 5.41) is 16.9. The van der Waals surface area contributed by atoms with E-state index >= 15 is 0 Å². The van der Waals surface area contributed by atoms with Gasteiger partial charge in [-0.15, -0.1) is 0 Å². The van der Waals surface area contributed by atoms with Gasteiger partial charge in [-0.25, -0.2) is 0 Å². The number of carbonyl (C=O) groups excluding carboxylic acids is 1. The van der Waals surface area contributed by atoms with Crippen LogP contribution in [0.2, 0.25) is 0 Å². The van der Waals surface area contributed by atoms with Gasteiger partial charge in [-0.2, -0.15) is 0 Å². The van der Waals surface area contributed by atoms with E-state index < -0.39 is 4.92 Å². The van der Waals surface area contributed by atoms with E-state index in [0.29, 0.717) is 18.2 Å². The average molecular weight is 293 g/mol. The van der Waals surface area contributed by atoms with Crippen LogP contribution in [0.1, 0.15) is 23.2 Å². The quantitative estimate of drug-likeness (QED) is 0.609. The van der Waals surface area contributed by atoms with Crippen LogP contribution < -0.4 is 15.4 Å². The molecule has 0 radical (unpaired) electrons. The van der Waals surface area contributed by atoms with Crippen molar-refractivity contribution in [3.05, 3.63) is 33.9 Å². The summed E-state index contributed by atoms with van der Waals surface area (Å²) in [6.07, 6.45) is 2.02. The molecule has 1 aliphatic rings. The first-order chi connectivity index (χ1) is 10.1. The summed E-state index contributed by atoms with van der Waals surface area (Å²) >= 11 is 0. The van der Waals surface area contributed by atoms with E-state index in [1.54, 1.807) is 0 Å². The molecule has 0 spiro atoms. The highest BCUT2D eigenvalue weighted by Crippen LogP contribution is 2.23. The maximum atomic E-state index is 12.1. The Hall–Kier alpha value is -2.15. The fourth-order valence-corrected chi connectivity index (χ4v) is 2.43. The maximum Gasteiger partial charge on any atom is 0.270 e. The van der Waals surface area contributed by atoms with Gasteiger partial charge in [0.2, 0.25) is 0 Å². The summed E-state index contributed by atoms with van der Waals surface area (Å²) in [6.45, 7) is 2.56. The minimum absolute atomic E-state index is 0.124. The number of hydrogen-bond acceptors (Lipinski definition) is 5. The summed E-state index contributed by atoms with van der Waals surface area (Å²) in [6, 6.07) is 4.00. The first-order valence-electron chi connectivity index (χ1n) is 6.93. The molecule has 0 aliphatic carbocycles. The summed E-state index contributed by atoms with van der Waals surface area (Å²) in [7, 11) is 1.43. The van der Waals surface area contributed by atoms with E-state index in [2.05, 4.69) is 10.6 Å². The van der Waals surface area contributed by atoms with Crippen LogP contribution in [-0.4, -0.2) is 37.6 Å². The highest BCUT2D eigenvalue weighted by atomic mass is 16.6. The van der Waals surface area contributed by atoms with Gasteiger partial charge in [0, 0.05) is 18.7 Å². The predicted molar refractivity (Wildman–Crippen MR) is 77.6 cm³/mol. The van der Waals surface area contributed by atoms with Gasteiger partial charge in [-0.05, 0) is 37.9 Å². The number of non-ortho nitro benzene ring substituents is 1. The van der Waals surface area contributed by atoms with Gasteiger partial charge < -0.3 is 15.4 Å². The second kappa shape index (κ2) is 7.03. The lowest BCUT2D eigenvalue weighted by Crippen LogP contribution is -2.26. The number of nitro groups is 1. The number of methoxy groups -OCH3 is 1. The van der Waals surface area contributed by atoms with E-state index in [9.17, 15) is 14.9 Å². The molecule has 1 amide bonds. The third-order valence-corrected chi connectivity index (χ3v) is 3.64. The molecule has 114 valence electrons. The van der Waals surface area contributed by atoms with Crippen molar-refractivity contribution < 1.29 is 14.5 Å². The van der Waals surface area contributed by atoms with Gasteiger partial charge in [0.15, 0.2) is 0 Å². The molecule has 1 saturated heterocycles. The van der Waals surface area contributed by atoms with Crippen molar-refractivity contribution >= 4 is 11.6 Å². The molecule has 7 nitrogen and oxygen atoms in total. The Kier molecular flexibility index (Phi) is 5.10. The first-order valence-corrected chi connectivity index (χ1v) is 6.93. The Labute approximate surface area is 122 Å². The zero-order valence-electron chi connectivity index (χ0n) is 11.9. The largest absolute Gasteiger partial charge is 0.496 e. The van der Waals surface area contributed by atoms with Crippen molar-refractivity contribution in [3.8, 4) is 5.75 Å². The molecule has 21 heavy (non-hydrogen) atoms. The van der Waals surface area contributed by atoms with E-state index in [0.717, 1.165) is 25.9 Å². The molecule has 0 aromatic heterocycles. The van der Waals surface area contributed by atoms with E-state index in [-0.39, 0.29) is 17.2 Å². The number of rotatable bonds is 6. The second-order valence-corrected chi connectivity index (χ2v) is 5.05. The number of nitrogens with zero attached hydrogens (tertiary/aromatic N) is 1. The Morgan fingerprint density at radius 3 is 3.00 bits per heavy atom. The minimum atomic E-state index is -0.527. The Morgan fingerprint density at radius 1 is 1.57 bits per heavy atom. The normalized spacial score (nSPS) is 17.5. The molecule has 1 fully saturated rings. The standard InChI is InChI=1S/C14H19N3O4/c1-21-13-3-2-11(17(19)20)8-12(13)14(18)16-7-5-10-4-6-15-9-10/h2-3,8,10,15H,4-7,9H2,1H3,(H,16,18). The van der Waals surface area contributed by atoms with Crippen LogP contribution in [0.15, 0.2) is 18.2 Å². The van der Waals surface area contributed by atoms with Crippen molar-refractivity contribution in [2.45, 2.75) is 12.8 Å². The second-order valence-electron chi connectivity index (χ2n) is 5.05. The highest BCUT2D eigenvalue weighted by Gasteiger charge is 2.18. The van der Waals surface area contributed by atoms with Crippen molar-refractivity contribution in [2.24, 2.45) is 5.92 Å². The Morgan fingerprint density at radius 2 is 2.38 bits per heavy atom. The van der Waals surface area contributed by atoms with Gasteiger partial charge in [0.05, 0.1) is 17.6 Å². The fourth-order valence-electron chi connectivity index (χ4n) is 2.43. The smallest absolute Gasteiger partial charge is 0.270 e. The van der Waals surface area contributed by atoms with Gasteiger partial charge in [0.1, 0.15) is 5.75 Å². The van der Waals surface area contributed by atoms with Gasteiger partial charge in [0.25, 0.3) is 11.6 Å². The summed E-state index contributed by atoms with van der Waals surface area (Å²) < 4.78 is 5.09. The molecular formula is C14H19N3O4. The first kappa shape index (κ1) is 15.2. The number of nitrogens with one attached hydrogen (secondary N) is 2. The minimum Gasteiger partial charge on any atom is -0.496 e. The van der Waals surface area contributed by atoms with Gasteiger partial charge in [-0.3, -0.25) is 14.9 Å². The molecule has 2 N–H and O–H groups in total. The molecule has 1 aliphatic heterocycles. The molecular weight excluding hydrogens is 274 g/mol. The van der Waals surface area contributed by atoms with Crippen LogP contribution >= 0.6 is 0 Å². The lowest BCUT2D eigenvalue weighted by atomic mass is 10.1. The third-order valence-electron chi connectivity index (χ3n) is 3.64. The molecule has 2 rings (SSSR count). The van der Waals surface area contributed by atoms with E-state index in [4.69, 9.17) is 4.74 Å². The van der Waals surface area contributed by atoms with Crippen LogP contribution in [0.3, 0.4) is 0 Å². The molecule has 1 aromatic rings. The van der Waals surface area contributed by atoms with Gasteiger partial charge in [-0.1, -0.05) is 0 Å². The van der Waals surface area contributed by atoms with Crippen molar-refractivity contribution in [1.29, 1.82) is 0 Å². The lowest BCUT2D eigenvalue weighted by Gasteiger charge is -2.11. The molecule has 1 atom stereocenters. The van der Waals surface area contributed by atoms with E-state index in [1.807, 2.05) is 0 Å². The number of ether oxygens (including phenoxy) is 1. The number of nitro benzene ring substituents is 1. The zero-order valence-corrected chi connectivity index (χ0v) is 11.9. The van der Waals surface area contributed by atoms with Crippen molar-refractivity contribution in [1.82, 2.24) is 10.6 Å². The number of benzene rings is 1. The van der Waals surface area contributed by atoms with Crippen molar-refractivity contribution in [3.63, 3.8) is 0 Å². The molecule has 1 aromatic carbocycles. The summed E-state index contributed by atoms with van der Waals surface area (Å²) in [5.74, 6) is 0.569. The number of carbonyl (C=O) groups is 1. The molecule has 0 bridgehead atoms. The Balaban J connectivity index is 1.99. The van der Waals surface area contributed by atoms with E-state index in [1.165, 1.54) is 25.3 Å².